The summed E-state index contributed by atoms with van der Waals surface area (Å²) in [5.74, 6) is 0. The predicted molar refractivity (Wildman–Crippen MR) is 229 cm³/mol. The molecule has 0 amide bonds. The molecule has 6 nitrogen and oxygen atoms in total. The summed E-state index contributed by atoms with van der Waals surface area (Å²) in [5, 5.41) is 2.15. The molecule has 1 fully saturated rings. The standard InChI is InChI=1S/C50H54O6Si/c1-50(2,3)57(43-30-18-8-19-31-43,44-32-20-9-21-33-44)55-38-45-46(51-34-39-22-10-4-11-23-39)47(52-35-40-24-12-5-13-25-40)48(53-36-41-26-14-6-15-27-41)49(56-45)54-37-42-28-16-7-17-29-42/h4-33,45-49H,34-38H2,1-3H3. The van der Waals surface area contributed by atoms with Gasteiger partial charge < -0.3 is 28.1 Å². The summed E-state index contributed by atoms with van der Waals surface area (Å²) < 4.78 is 42.2. The molecule has 0 aromatic heterocycles. The van der Waals surface area contributed by atoms with Crippen LogP contribution in [0, 0.1) is 0 Å². The van der Waals surface area contributed by atoms with Crippen molar-refractivity contribution < 1.29 is 28.1 Å². The van der Waals surface area contributed by atoms with Crippen molar-refractivity contribution in [2.45, 2.75) is 82.9 Å². The quantitative estimate of drug-likeness (QED) is 0.0862. The van der Waals surface area contributed by atoms with E-state index >= 15 is 0 Å². The predicted octanol–water partition coefficient (Wildman–Crippen LogP) is 9.26. The van der Waals surface area contributed by atoms with Crippen molar-refractivity contribution >= 4 is 18.7 Å². The molecule has 1 heterocycles. The minimum Gasteiger partial charge on any atom is -0.405 e. The molecule has 0 saturated carbocycles. The first kappa shape index (κ1) is 40.5. The first-order valence-electron chi connectivity index (χ1n) is 19.9. The lowest BCUT2D eigenvalue weighted by atomic mass is 9.97. The third-order valence-electron chi connectivity index (χ3n) is 10.6. The largest absolute Gasteiger partial charge is 0.405 e. The fourth-order valence-corrected chi connectivity index (χ4v) is 12.3. The SMILES string of the molecule is CC(C)(C)[Si](OCC1OC(OCc2ccccc2)C(OCc2ccccc2)C(OCc2ccccc2)C1OCc1ccccc1)(c1ccccc1)c1ccccc1. The highest BCUT2D eigenvalue weighted by molar-refractivity contribution is 6.99. The van der Waals surface area contributed by atoms with Gasteiger partial charge in [0.25, 0.3) is 8.32 Å². The molecule has 0 bridgehead atoms. The number of hydrogen-bond donors (Lipinski definition) is 0. The molecule has 1 aliphatic rings. The third kappa shape index (κ3) is 10.2. The molecule has 7 rings (SSSR count). The molecule has 57 heavy (non-hydrogen) atoms. The summed E-state index contributed by atoms with van der Waals surface area (Å²) in [4.78, 5) is 0. The lowest BCUT2D eigenvalue weighted by molar-refractivity contribution is -0.328. The first-order chi connectivity index (χ1) is 27.9. The highest BCUT2D eigenvalue weighted by Gasteiger charge is 2.53. The average Bonchev–Trinajstić information content (AvgIpc) is 3.26. The Morgan fingerprint density at radius 2 is 0.754 bits per heavy atom. The lowest BCUT2D eigenvalue weighted by Gasteiger charge is -2.48. The Morgan fingerprint density at radius 1 is 0.421 bits per heavy atom. The number of ether oxygens (including phenoxy) is 5. The van der Waals surface area contributed by atoms with Gasteiger partial charge in [-0.2, -0.15) is 0 Å². The molecule has 1 aliphatic heterocycles. The van der Waals surface area contributed by atoms with Gasteiger partial charge in [-0.15, -0.1) is 0 Å². The maximum Gasteiger partial charge on any atom is 0.261 e. The van der Waals surface area contributed by atoms with Gasteiger partial charge in [0.15, 0.2) is 6.29 Å². The first-order valence-corrected chi connectivity index (χ1v) is 21.8. The van der Waals surface area contributed by atoms with Crippen molar-refractivity contribution in [3.63, 3.8) is 0 Å². The van der Waals surface area contributed by atoms with Crippen LogP contribution in [0.2, 0.25) is 5.04 Å². The Hall–Kier alpha value is -4.70. The molecule has 0 spiro atoms. The van der Waals surface area contributed by atoms with Crippen LogP contribution in [0.25, 0.3) is 0 Å². The normalized spacial score (nSPS) is 19.9. The highest BCUT2D eigenvalue weighted by atomic mass is 28.4. The Balaban J connectivity index is 1.29. The van der Waals surface area contributed by atoms with Gasteiger partial charge in [-0.3, -0.25) is 0 Å². The van der Waals surface area contributed by atoms with E-state index in [1.807, 2.05) is 72.8 Å². The molecular weight excluding hydrogens is 725 g/mol. The minimum atomic E-state index is -2.96. The van der Waals surface area contributed by atoms with Crippen molar-refractivity contribution in [2.75, 3.05) is 6.61 Å². The second-order valence-corrected chi connectivity index (χ2v) is 19.9. The van der Waals surface area contributed by atoms with Gasteiger partial charge in [0.1, 0.15) is 24.4 Å². The van der Waals surface area contributed by atoms with Crippen LogP contribution in [0.5, 0.6) is 0 Å². The summed E-state index contributed by atoms with van der Waals surface area (Å²) in [5.41, 5.74) is 4.18. The van der Waals surface area contributed by atoms with Crippen LogP contribution in [-0.4, -0.2) is 45.6 Å². The van der Waals surface area contributed by atoms with Crippen molar-refractivity contribution in [2.24, 2.45) is 0 Å². The highest BCUT2D eigenvalue weighted by Crippen LogP contribution is 2.38. The van der Waals surface area contributed by atoms with Gasteiger partial charge in [-0.25, -0.2) is 0 Å². The fourth-order valence-electron chi connectivity index (χ4n) is 7.74. The number of rotatable bonds is 17. The summed E-state index contributed by atoms with van der Waals surface area (Å²) in [6.45, 7) is 8.50. The second kappa shape index (κ2) is 19.6. The molecule has 6 aromatic rings. The second-order valence-electron chi connectivity index (χ2n) is 15.6. The third-order valence-corrected chi connectivity index (χ3v) is 15.6. The van der Waals surface area contributed by atoms with E-state index in [4.69, 9.17) is 28.1 Å². The van der Waals surface area contributed by atoms with Gasteiger partial charge in [0.2, 0.25) is 0 Å². The monoisotopic (exact) mass is 778 g/mol. The Morgan fingerprint density at radius 3 is 1.14 bits per heavy atom. The minimum absolute atomic E-state index is 0.238. The summed E-state index contributed by atoms with van der Waals surface area (Å²) in [6.07, 6.45) is -3.17. The number of hydrogen-bond acceptors (Lipinski definition) is 6. The van der Waals surface area contributed by atoms with E-state index in [9.17, 15) is 0 Å². The van der Waals surface area contributed by atoms with E-state index in [1.165, 1.54) is 10.4 Å². The Labute approximate surface area is 339 Å². The summed E-state index contributed by atoms with van der Waals surface area (Å²) in [6, 6.07) is 62.2. The number of benzene rings is 6. The Bertz CT molecular complexity index is 1990. The van der Waals surface area contributed by atoms with Crippen molar-refractivity contribution in [1.29, 1.82) is 0 Å². The zero-order chi connectivity index (χ0) is 39.3. The van der Waals surface area contributed by atoms with Crippen LogP contribution < -0.4 is 10.4 Å². The van der Waals surface area contributed by atoms with Crippen LogP contribution in [0.15, 0.2) is 182 Å². The van der Waals surface area contributed by atoms with Crippen molar-refractivity contribution in [1.82, 2.24) is 0 Å². The fraction of sp³-hybridized carbons (Fsp3) is 0.280. The summed E-state index contributed by atoms with van der Waals surface area (Å²) >= 11 is 0. The molecule has 7 heteroatoms. The van der Waals surface area contributed by atoms with Gasteiger partial charge in [-0.1, -0.05) is 203 Å². The molecule has 6 aromatic carbocycles. The van der Waals surface area contributed by atoms with Crippen LogP contribution in [0.3, 0.4) is 0 Å². The van der Waals surface area contributed by atoms with E-state index in [2.05, 4.69) is 130 Å². The molecule has 1 saturated heterocycles. The molecule has 5 unspecified atom stereocenters. The molecule has 0 aliphatic carbocycles. The van der Waals surface area contributed by atoms with E-state index in [1.54, 1.807) is 0 Å². The topological polar surface area (TPSA) is 55.4 Å². The molecule has 5 atom stereocenters. The van der Waals surface area contributed by atoms with Gasteiger partial charge >= 0.3 is 0 Å². The van der Waals surface area contributed by atoms with Crippen LogP contribution >= 0.6 is 0 Å². The van der Waals surface area contributed by atoms with E-state index in [-0.39, 0.29) is 11.6 Å². The van der Waals surface area contributed by atoms with Crippen molar-refractivity contribution in [3.8, 4) is 0 Å². The van der Waals surface area contributed by atoms with E-state index in [0.717, 1.165) is 22.3 Å². The van der Waals surface area contributed by atoms with Crippen molar-refractivity contribution in [3.05, 3.63) is 204 Å². The van der Waals surface area contributed by atoms with Crippen LogP contribution in [-0.2, 0) is 54.5 Å². The maximum absolute atomic E-state index is 7.56. The molecule has 0 radical (unpaired) electrons. The average molecular weight is 779 g/mol. The van der Waals surface area contributed by atoms with Gasteiger partial charge in [-0.05, 0) is 37.7 Å². The zero-order valence-electron chi connectivity index (χ0n) is 33.2. The van der Waals surface area contributed by atoms with E-state index in [0.29, 0.717) is 26.4 Å². The zero-order valence-corrected chi connectivity index (χ0v) is 34.2. The lowest BCUT2D eigenvalue weighted by Crippen LogP contribution is -2.68. The molecular formula is C50H54O6Si. The summed E-state index contributed by atoms with van der Waals surface area (Å²) in [7, 11) is -2.96. The smallest absolute Gasteiger partial charge is 0.261 e. The van der Waals surface area contributed by atoms with Gasteiger partial charge in [0.05, 0.1) is 33.0 Å². The van der Waals surface area contributed by atoms with Gasteiger partial charge in [0, 0.05) is 0 Å². The molecule has 294 valence electrons. The maximum atomic E-state index is 7.56. The van der Waals surface area contributed by atoms with Crippen LogP contribution in [0.1, 0.15) is 43.0 Å². The van der Waals surface area contributed by atoms with Crippen LogP contribution in [0.4, 0.5) is 0 Å². The molecule has 0 N–H and O–H groups in total. The van der Waals surface area contributed by atoms with E-state index < -0.39 is 39.0 Å². The Kier molecular flexibility index (Phi) is 13.9.